The third kappa shape index (κ3) is 7.28. The molecular weight excluding hydrogens is 622 g/mol. The molecule has 0 aromatic heterocycles. The van der Waals surface area contributed by atoms with Gasteiger partial charge in [0.05, 0.1) is 11.7 Å². The Morgan fingerprint density at radius 1 is 1.02 bits per heavy atom. The van der Waals surface area contributed by atoms with Crippen LogP contribution >= 0.6 is 0 Å². The van der Waals surface area contributed by atoms with Crippen molar-refractivity contribution in [2.24, 2.45) is 29.1 Å². The minimum Gasteiger partial charge on any atom is -0.366 e. The lowest BCUT2D eigenvalue weighted by Gasteiger charge is -2.47. The van der Waals surface area contributed by atoms with Gasteiger partial charge < -0.3 is 15.4 Å². The molecule has 6 aliphatic rings. The summed E-state index contributed by atoms with van der Waals surface area (Å²) in [6.45, 7) is 10.5. The highest BCUT2D eigenvalue weighted by atomic mass is 16.5. The van der Waals surface area contributed by atoms with E-state index in [1.165, 1.54) is 24.0 Å². The van der Waals surface area contributed by atoms with Gasteiger partial charge in [-0.2, -0.15) is 0 Å². The van der Waals surface area contributed by atoms with Gasteiger partial charge >= 0.3 is 0 Å². The molecule has 2 N–H and O–H groups in total. The number of benzene rings is 1. The molecule has 7 heteroatoms. The van der Waals surface area contributed by atoms with Crippen molar-refractivity contribution in [2.75, 3.05) is 26.2 Å². The van der Waals surface area contributed by atoms with Gasteiger partial charge in [-0.15, -0.1) is 0 Å². The molecule has 50 heavy (non-hydrogen) atoms. The molecule has 0 bridgehead atoms. The first kappa shape index (κ1) is 35.6. The summed E-state index contributed by atoms with van der Waals surface area (Å²) in [6, 6.07) is 10.5. The number of unbranched alkanes of at least 4 members (excludes halogenated alkanes) is 2. The number of ketones is 1. The largest absolute Gasteiger partial charge is 0.366 e. The van der Waals surface area contributed by atoms with E-state index in [1.807, 2.05) is 18.2 Å². The van der Waals surface area contributed by atoms with Crippen LogP contribution in [0.1, 0.15) is 116 Å². The number of amides is 2. The Labute approximate surface area is 300 Å². The van der Waals surface area contributed by atoms with Crippen molar-refractivity contribution in [3.05, 3.63) is 58.7 Å². The number of piperidine rings is 1. The first-order valence-corrected chi connectivity index (χ1v) is 20.1. The predicted octanol–water partition coefficient (Wildman–Crippen LogP) is 7.10. The van der Waals surface area contributed by atoms with Crippen molar-refractivity contribution in [1.82, 2.24) is 15.5 Å². The first-order chi connectivity index (χ1) is 24.1. The number of ether oxygens (including phenoxy) is 1. The van der Waals surface area contributed by atoms with Gasteiger partial charge in [-0.05, 0) is 111 Å². The monoisotopic (exact) mass is 683 g/mol. The van der Waals surface area contributed by atoms with Crippen LogP contribution in [0, 0.1) is 29.1 Å². The summed E-state index contributed by atoms with van der Waals surface area (Å²) in [7, 11) is 0. The Kier molecular flexibility index (Phi) is 10.7. The minimum absolute atomic E-state index is 0.0968. The average molecular weight is 684 g/mol. The van der Waals surface area contributed by atoms with E-state index in [9.17, 15) is 14.4 Å². The number of fused-ring (bicyclic) bond motifs is 6. The summed E-state index contributed by atoms with van der Waals surface area (Å²) in [4.78, 5) is 39.8. The molecule has 0 radical (unpaired) electrons. The Bertz CT molecular complexity index is 1490. The van der Waals surface area contributed by atoms with Crippen LogP contribution in [-0.2, 0) is 25.5 Å². The van der Waals surface area contributed by atoms with Crippen molar-refractivity contribution in [1.29, 1.82) is 0 Å². The van der Waals surface area contributed by atoms with Crippen LogP contribution in [0.15, 0.2) is 53.1 Å². The highest BCUT2D eigenvalue weighted by Gasteiger charge is 2.58. The Balaban J connectivity index is 0.859. The predicted molar refractivity (Wildman–Crippen MR) is 197 cm³/mol. The minimum atomic E-state index is -0.138. The fraction of sp³-hybridized carbons (Fsp3) is 0.698. The van der Waals surface area contributed by atoms with E-state index in [4.69, 9.17) is 4.74 Å². The van der Waals surface area contributed by atoms with E-state index >= 15 is 0 Å². The van der Waals surface area contributed by atoms with Gasteiger partial charge in [0, 0.05) is 57.9 Å². The first-order valence-electron chi connectivity index (χ1n) is 20.1. The summed E-state index contributed by atoms with van der Waals surface area (Å²) in [5.41, 5.74) is 5.93. The van der Waals surface area contributed by atoms with Crippen molar-refractivity contribution in [2.45, 2.75) is 135 Å². The quantitative estimate of drug-likeness (QED) is 0.181. The molecule has 2 saturated carbocycles. The van der Waals surface area contributed by atoms with Gasteiger partial charge in [0.15, 0.2) is 0 Å². The van der Waals surface area contributed by atoms with Crippen molar-refractivity contribution >= 4 is 17.6 Å². The molecule has 4 aliphatic carbocycles. The molecule has 1 unspecified atom stereocenters. The van der Waals surface area contributed by atoms with Gasteiger partial charge in [-0.25, -0.2) is 0 Å². The summed E-state index contributed by atoms with van der Waals surface area (Å²) in [5, 5.41) is 6.23. The maximum Gasteiger partial charge on any atom is 0.220 e. The third-order valence-electron chi connectivity index (χ3n) is 14.0. The number of allylic oxidation sites excluding steroid dienone is 3. The summed E-state index contributed by atoms with van der Waals surface area (Å²) >= 11 is 0. The van der Waals surface area contributed by atoms with E-state index in [1.54, 1.807) is 11.1 Å². The van der Waals surface area contributed by atoms with Crippen molar-refractivity contribution in [3.63, 3.8) is 0 Å². The van der Waals surface area contributed by atoms with E-state index in [-0.39, 0.29) is 28.9 Å². The zero-order valence-electron chi connectivity index (χ0n) is 30.9. The highest BCUT2D eigenvalue weighted by Crippen LogP contribution is 2.64. The number of rotatable bonds is 12. The molecule has 7 rings (SSSR count). The van der Waals surface area contributed by atoms with Gasteiger partial charge in [-0.3, -0.25) is 19.3 Å². The average Bonchev–Trinajstić information content (AvgIpc) is 3.68. The van der Waals surface area contributed by atoms with Crippen LogP contribution in [0.5, 0.6) is 0 Å². The Morgan fingerprint density at radius 2 is 1.82 bits per heavy atom. The van der Waals surface area contributed by atoms with Crippen LogP contribution < -0.4 is 10.6 Å². The van der Waals surface area contributed by atoms with E-state index in [0.29, 0.717) is 61.9 Å². The molecule has 4 fully saturated rings. The molecule has 1 aromatic carbocycles. The van der Waals surface area contributed by atoms with Crippen molar-refractivity contribution < 1.29 is 19.1 Å². The van der Waals surface area contributed by atoms with Crippen LogP contribution in [0.25, 0.3) is 0 Å². The van der Waals surface area contributed by atoms with Crippen molar-refractivity contribution in [3.8, 4) is 0 Å². The fourth-order valence-corrected chi connectivity index (χ4v) is 11.2. The molecule has 2 heterocycles. The summed E-state index contributed by atoms with van der Waals surface area (Å²) < 4.78 is 7.20. The van der Waals surface area contributed by atoms with Gasteiger partial charge in [-0.1, -0.05) is 67.8 Å². The van der Waals surface area contributed by atoms with E-state index < -0.39 is 0 Å². The molecule has 2 saturated heterocycles. The normalized spacial score (nSPS) is 34.9. The number of nitrogens with zero attached hydrogens (tertiary/aromatic N) is 1. The van der Waals surface area contributed by atoms with Gasteiger partial charge in [0.25, 0.3) is 0 Å². The SMILES string of the molecule is CC1=C2C[C@H]3[C@@H](CC=C4CC(=O)CC[C@@]43C)[C@@H]2CC[C@@]12CC1[C@@H](C[C@H](C)CN1CCNC(=O)CCCCCNC(=O)CCc1ccccc1)O2. The Hall–Kier alpha value is -2.77. The van der Waals surface area contributed by atoms with Crippen LogP contribution in [-0.4, -0.2) is 66.4 Å². The number of Topliss-reactive ketones (excluding diaryl/α,β-unsaturated/α-hetero) is 1. The second-order valence-electron chi connectivity index (χ2n) is 17.1. The number of hydrogen-bond donors (Lipinski definition) is 2. The number of likely N-dealkylation sites (tertiary alicyclic amines) is 1. The van der Waals surface area contributed by atoms with E-state index in [2.05, 4.69) is 54.5 Å². The van der Waals surface area contributed by atoms with Crippen LogP contribution in [0.3, 0.4) is 0 Å². The molecule has 2 aliphatic heterocycles. The molecule has 272 valence electrons. The molecule has 1 aromatic rings. The van der Waals surface area contributed by atoms with Crippen LogP contribution in [0.2, 0.25) is 0 Å². The topological polar surface area (TPSA) is 87.7 Å². The standard InChI is InChI=1S/C43H61N3O4/c1-29-24-39-38(46(28-29)23-22-45-40(48)12-8-5-9-21-44-41(49)16-13-31-10-6-4-7-11-31)27-43(50-39)20-18-34-35-15-14-32-25-33(47)17-19-42(32,3)37(35)26-36(34)30(43)2/h4,6-7,10-11,14,29,34-35,37-39H,5,8-9,12-13,15-28H2,1-3H3,(H,44,49)(H,45,48)/t29-,34-,35-,37-,38?,39+,42-,43+/m0/s1. The lowest BCUT2D eigenvalue weighted by molar-refractivity contribution is -0.122. The summed E-state index contributed by atoms with van der Waals surface area (Å²) in [5.74, 6) is 3.31. The number of nitrogens with one attached hydrogen (secondary N) is 2. The zero-order chi connectivity index (χ0) is 34.9. The van der Waals surface area contributed by atoms with Gasteiger partial charge in [0.1, 0.15) is 5.78 Å². The lowest BCUT2D eigenvalue weighted by Crippen LogP contribution is -2.51. The number of carbonyl (C=O) groups is 3. The summed E-state index contributed by atoms with van der Waals surface area (Å²) in [6.07, 6.45) is 16.6. The molecule has 8 atom stereocenters. The Morgan fingerprint density at radius 3 is 2.66 bits per heavy atom. The maximum atomic E-state index is 12.7. The van der Waals surface area contributed by atoms with Crippen LogP contribution in [0.4, 0.5) is 0 Å². The molecule has 7 nitrogen and oxygen atoms in total. The molecule has 2 amide bonds. The fourth-order valence-electron chi connectivity index (χ4n) is 11.2. The lowest BCUT2D eigenvalue weighted by atomic mass is 9.57. The van der Waals surface area contributed by atoms with E-state index in [0.717, 1.165) is 83.2 Å². The smallest absolute Gasteiger partial charge is 0.220 e. The molecular formula is C43H61N3O4. The highest BCUT2D eigenvalue weighted by molar-refractivity contribution is 5.82. The van der Waals surface area contributed by atoms with Gasteiger partial charge in [0.2, 0.25) is 11.8 Å². The number of hydrogen-bond acceptors (Lipinski definition) is 5. The zero-order valence-corrected chi connectivity index (χ0v) is 30.9. The number of aryl methyl sites for hydroxylation is 1. The number of carbonyl (C=O) groups excluding carboxylic acids is 3. The second-order valence-corrected chi connectivity index (χ2v) is 17.1. The third-order valence-corrected chi connectivity index (χ3v) is 14.0. The molecule has 1 spiro atoms. The maximum absolute atomic E-state index is 12.7. The second kappa shape index (κ2) is 15.1.